The molecule has 0 N–H and O–H groups in total. The Morgan fingerprint density at radius 1 is 0.706 bits per heavy atom. The summed E-state index contributed by atoms with van der Waals surface area (Å²) in [5.74, 6) is 4.04. The highest BCUT2D eigenvalue weighted by atomic mass is 19.2. The Hall–Kier alpha value is -1.44. The minimum Gasteiger partial charge on any atom is -0.204 e. The second-order valence-electron chi connectivity index (χ2n) is 12.1. The van der Waals surface area contributed by atoms with Gasteiger partial charge in [-0.3, -0.25) is 0 Å². The Kier molecular flexibility index (Phi) is 7.91. The quantitative estimate of drug-likeness (QED) is 0.356. The lowest BCUT2D eigenvalue weighted by molar-refractivity contribution is 0.0613. The standard InChI is InChI=1S/C32H44F2/c1-2-3-4-5-6-22-7-8-28-20-26(14-13-25(28)19-22)23-9-11-24(12-10-23)27-15-17-30-29(21-27)16-18-31(33)32(30)34/h15-18,21-26,28H,2-14,19-20H2,1H3. The summed E-state index contributed by atoms with van der Waals surface area (Å²) >= 11 is 0. The molecule has 0 nitrogen and oxygen atoms in total. The molecule has 2 aromatic carbocycles. The molecule has 3 saturated carbocycles. The highest BCUT2D eigenvalue weighted by Crippen LogP contribution is 2.50. The first-order valence-corrected chi connectivity index (χ1v) is 14.5. The summed E-state index contributed by atoms with van der Waals surface area (Å²) in [6.07, 6.45) is 21.4. The summed E-state index contributed by atoms with van der Waals surface area (Å²) in [4.78, 5) is 0. The van der Waals surface area contributed by atoms with Gasteiger partial charge in [0, 0.05) is 5.39 Å². The second kappa shape index (κ2) is 11.1. The van der Waals surface area contributed by atoms with Crippen molar-refractivity contribution < 1.29 is 8.78 Å². The molecule has 5 rings (SSSR count). The fourth-order valence-electron chi connectivity index (χ4n) is 8.03. The lowest BCUT2D eigenvalue weighted by atomic mass is 9.60. The molecule has 3 aliphatic rings. The number of unbranched alkanes of at least 4 members (excludes halogenated alkanes) is 3. The van der Waals surface area contributed by atoms with Crippen LogP contribution >= 0.6 is 0 Å². The molecule has 0 heterocycles. The predicted molar refractivity (Wildman–Crippen MR) is 139 cm³/mol. The van der Waals surface area contributed by atoms with Gasteiger partial charge in [0.25, 0.3) is 0 Å². The van der Waals surface area contributed by atoms with Gasteiger partial charge in [-0.05, 0) is 110 Å². The van der Waals surface area contributed by atoms with E-state index >= 15 is 0 Å². The number of halogens is 2. The van der Waals surface area contributed by atoms with E-state index in [1.165, 1.54) is 108 Å². The third-order valence-corrected chi connectivity index (χ3v) is 10.1. The Morgan fingerprint density at radius 2 is 1.41 bits per heavy atom. The second-order valence-corrected chi connectivity index (χ2v) is 12.1. The molecule has 0 aromatic heterocycles. The SMILES string of the molecule is CCCCCCC1CCC2CC(C3CCC(c4ccc5c(F)c(F)ccc5c4)CC3)CCC2C1. The van der Waals surface area contributed by atoms with Gasteiger partial charge in [-0.2, -0.15) is 0 Å². The molecular weight excluding hydrogens is 422 g/mol. The van der Waals surface area contributed by atoms with Crippen molar-refractivity contribution in [1.82, 2.24) is 0 Å². The molecule has 0 aliphatic heterocycles. The summed E-state index contributed by atoms with van der Waals surface area (Å²) in [6.45, 7) is 2.31. The maximum atomic E-state index is 14.1. The normalized spacial score (nSPS) is 32.0. The molecule has 2 aromatic rings. The lowest BCUT2D eigenvalue weighted by Crippen LogP contribution is -2.34. The Balaban J connectivity index is 1.11. The van der Waals surface area contributed by atoms with Gasteiger partial charge in [-0.25, -0.2) is 8.78 Å². The van der Waals surface area contributed by atoms with Crippen molar-refractivity contribution in [1.29, 1.82) is 0 Å². The summed E-state index contributed by atoms with van der Waals surface area (Å²) < 4.78 is 27.6. The van der Waals surface area contributed by atoms with Gasteiger partial charge >= 0.3 is 0 Å². The first-order chi connectivity index (χ1) is 16.6. The molecule has 0 radical (unpaired) electrons. The fraction of sp³-hybridized carbons (Fsp3) is 0.688. The summed E-state index contributed by atoms with van der Waals surface area (Å²) in [5, 5.41) is 1.24. The van der Waals surface area contributed by atoms with E-state index in [1.54, 1.807) is 12.1 Å². The van der Waals surface area contributed by atoms with E-state index in [0.717, 1.165) is 35.0 Å². The highest BCUT2D eigenvalue weighted by Gasteiger charge is 2.38. The molecule has 3 fully saturated rings. The molecule has 3 aliphatic carbocycles. The largest absolute Gasteiger partial charge is 0.204 e. The van der Waals surface area contributed by atoms with Crippen molar-refractivity contribution in [3.63, 3.8) is 0 Å². The van der Waals surface area contributed by atoms with Crippen LogP contribution in [0, 0.1) is 41.2 Å². The zero-order chi connectivity index (χ0) is 23.5. The van der Waals surface area contributed by atoms with Crippen LogP contribution in [0.3, 0.4) is 0 Å². The zero-order valence-electron chi connectivity index (χ0n) is 21.2. The highest BCUT2D eigenvalue weighted by molar-refractivity contribution is 5.84. The number of hydrogen-bond donors (Lipinski definition) is 0. The third kappa shape index (κ3) is 5.36. The number of fused-ring (bicyclic) bond motifs is 2. The molecule has 0 saturated heterocycles. The van der Waals surface area contributed by atoms with E-state index < -0.39 is 11.6 Å². The van der Waals surface area contributed by atoms with Crippen molar-refractivity contribution >= 4 is 10.8 Å². The molecule has 4 unspecified atom stereocenters. The van der Waals surface area contributed by atoms with Gasteiger partial charge < -0.3 is 0 Å². The maximum Gasteiger partial charge on any atom is 0.166 e. The summed E-state index contributed by atoms with van der Waals surface area (Å²) in [6, 6.07) is 8.92. The van der Waals surface area contributed by atoms with Gasteiger partial charge in [0.15, 0.2) is 11.6 Å². The van der Waals surface area contributed by atoms with Crippen LogP contribution in [-0.4, -0.2) is 0 Å². The van der Waals surface area contributed by atoms with Crippen LogP contribution in [0.4, 0.5) is 8.78 Å². The minimum absolute atomic E-state index is 0.407. The number of hydrogen-bond acceptors (Lipinski definition) is 0. The monoisotopic (exact) mass is 466 g/mol. The molecule has 0 amide bonds. The van der Waals surface area contributed by atoms with Crippen LogP contribution in [0.25, 0.3) is 10.8 Å². The van der Waals surface area contributed by atoms with Crippen LogP contribution in [0.1, 0.15) is 115 Å². The van der Waals surface area contributed by atoms with Gasteiger partial charge in [0.2, 0.25) is 0 Å². The van der Waals surface area contributed by atoms with Crippen molar-refractivity contribution in [3.05, 3.63) is 47.5 Å². The van der Waals surface area contributed by atoms with Crippen molar-refractivity contribution in [2.45, 2.75) is 109 Å². The summed E-state index contributed by atoms with van der Waals surface area (Å²) in [5.41, 5.74) is 1.32. The average Bonchev–Trinajstić information content (AvgIpc) is 2.88. The van der Waals surface area contributed by atoms with E-state index in [4.69, 9.17) is 0 Å². The van der Waals surface area contributed by atoms with Crippen LogP contribution < -0.4 is 0 Å². The van der Waals surface area contributed by atoms with E-state index in [0.29, 0.717) is 11.3 Å². The van der Waals surface area contributed by atoms with E-state index in [2.05, 4.69) is 13.0 Å². The molecular formula is C32H44F2. The van der Waals surface area contributed by atoms with Crippen LogP contribution in [0.5, 0.6) is 0 Å². The Morgan fingerprint density at radius 3 is 2.21 bits per heavy atom. The predicted octanol–water partition coefficient (Wildman–Crippen LogP) is 10.2. The smallest absolute Gasteiger partial charge is 0.166 e. The van der Waals surface area contributed by atoms with Gasteiger partial charge in [-0.15, -0.1) is 0 Å². The minimum atomic E-state index is -0.754. The maximum absolute atomic E-state index is 14.1. The molecule has 34 heavy (non-hydrogen) atoms. The van der Waals surface area contributed by atoms with E-state index in [9.17, 15) is 8.78 Å². The van der Waals surface area contributed by atoms with Crippen LogP contribution in [0.2, 0.25) is 0 Å². The molecule has 4 atom stereocenters. The topological polar surface area (TPSA) is 0 Å². The van der Waals surface area contributed by atoms with E-state index in [1.807, 2.05) is 6.07 Å². The third-order valence-electron chi connectivity index (χ3n) is 10.1. The molecule has 0 spiro atoms. The molecule has 0 bridgehead atoms. The van der Waals surface area contributed by atoms with Gasteiger partial charge in [0.05, 0.1) is 0 Å². The van der Waals surface area contributed by atoms with Crippen LogP contribution in [-0.2, 0) is 0 Å². The van der Waals surface area contributed by atoms with Gasteiger partial charge in [-0.1, -0.05) is 69.7 Å². The number of benzene rings is 2. The van der Waals surface area contributed by atoms with Gasteiger partial charge in [0.1, 0.15) is 0 Å². The number of rotatable bonds is 7. The fourth-order valence-corrected chi connectivity index (χ4v) is 8.03. The summed E-state index contributed by atoms with van der Waals surface area (Å²) in [7, 11) is 0. The van der Waals surface area contributed by atoms with Crippen molar-refractivity contribution in [2.75, 3.05) is 0 Å². The average molecular weight is 467 g/mol. The van der Waals surface area contributed by atoms with Crippen LogP contribution in [0.15, 0.2) is 30.3 Å². The zero-order valence-corrected chi connectivity index (χ0v) is 21.2. The molecule has 186 valence electrons. The first-order valence-electron chi connectivity index (χ1n) is 14.5. The Bertz CT molecular complexity index is 941. The molecule has 2 heteroatoms. The van der Waals surface area contributed by atoms with Crippen molar-refractivity contribution in [3.8, 4) is 0 Å². The van der Waals surface area contributed by atoms with Crippen molar-refractivity contribution in [2.24, 2.45) is 29.6 Å². The first kappa shape index (κ1) is 24.3. The Labute approximate surface area is 205 Å². The lowest BCUT2D eigenvalue weighted by Gasteiger charge is -2.45. The van der Waals surface area contributed by atoms with E-state index in [-0.39, 0.29) is 0 Å².